The van der Waals surface area contributed by atoms with E-state index in [1.165, 1.54) is 13.0 Å². The normalized spacial score (nSPS) is 10.2. The molecule has 2 rings (SSSR count). The Balaban J connectivity index is 2.01. The van der Waals surface area contributed by atoms with Crippen LogP contribution < -0.4 is 10.9 Å². The molecule has 0 aliphatic heterocycles. The van der Waals surface area contributed by atoms with Gasteiger partial charge in [0, 0.05) is 10.5 Å². The smallest absolute Gasteiger partial charge is 0.342 e. The third-order valence-electron chi connectivity index (χ3n) is 3.02. The number of para-hydroxylation sites is 1. The van der Waals surface area contributed by atoms with Gasteiger partial charge in [0.15, 0.2) is 6.61 Å². The molecule has 2 aromatic rings. The second-order valence-electron chi connectivity index (χ2n) is 4.78. The summed E-state index contributed by atoms with van der Waals surface area (Å²) in [7, 11) is 0. The lowest BCUT2D eigenvalue weighted by molar-refractivity contribution is -0.119. The van der Waals surface area contributed by atoms with Gasteiger partial charge in [-0.3, -0.25) is 4.79 Å². The zero-order valence-electron chi connectivity index (χ0n) is 12.5. The summed E-state index contributed by atoms with van der Waals surface area (Å²) in [6, 6.07) is 8.27. The second kappa shape index (κ2) is 7.23. The van der Waals surface area contributed by atoms with E-state index in [0.29, 0.717) is 11.3 Å². The van der Waals surface area contributed by atoms with Gasteiger partial charge in [-0.2, -0.15) is 0 Å². The number of hydrogen-bond acceptors (Lipinski definition) is 5. The van der Waals surface area contributed by atoms with E-state index in [1.54, 1.807) is 25.1 Å². The zero-order valence-corrected chi connectivity index (χ0v) is 14.1. The number of carbonyl (C=O) groups is 2. The molecule has 1 N–H and O–H groups in total. The maximum atomic E-state index is 12.0. The number of benzene rings is 1. The molecule has 1 heterocycles. The van der Waals surface area contributed by atoms with Gasteiger partial charge in [0.1, 0.15) is 11.3 Å². The summed E-state index contributed by atoms with van der Waals surface area (Å²) < 4.78 is 10.6. The van der Waals surface area contributed by atoms with E-state index >= 15 is 0 Å². The van der Waals surface area contributed by atoms with Crippen LogP contribution >= 0.6 is 15.9 Å². The summed E-state index contributed by atoms with van der Waals surface area (Å²) in [4.78, 5) is 35.1. The maximum Gasteiger partial charge on any atom is 0.342 e. The van der Waals surface area contributed by atoms with E-state index in [0.717, 1.165) is 4.47 Å². The molecular formula is C16H14BrNO5. The van der Waals surface area contributed by atoms with Gasteiger partial charge in [-0.15, -0.1) is 0 Å². The molecule has 0 atom stereocenters. The van der Waals surface area contributed by atoms with Crippen molar-refractivity contribution in [2.45, 2.75) is 13.8 Å². The van der Waals surface area contributed by atoms with Crippen molar-refractivity contribution in [3.05, 3.63) is 62.1 Å². The third kappa shape index (κ3) is 4.29. The van der Waals surface area contributed by atoms with Gasteiger partial charge in [-0.1, -0.05) is 12.1 Å². The summed E-state index contributed by atoms with van der Waals surface area (Å²) in [5.41, 5.74) is 0.628. The molecule has 0 bridgehead atoms. The van der Waals surface area contributed by atoms with Gasteiger partial charge in [0.2, 0.25) is 0 Å². The van der Waals surface area contributed by atoms with Gasteiger partial charge in [-0.25, -0.2) is 9.59 Å². The van der Waals surface area contributed by atoms with E-state index in [-0.39, 0.29) is 11.3 Å². The number of carbonyl (C=O) groups excluding carboxylic acids is 2. The van der Waals surface area contributed by atoms with Crippen LogP contribution in [-0.4, -0.2) is 18.5 Å². The molecule has 0 unspecified atom stereocenters. The quantitative estimate of drug-likeness (QED) is 0.825. The molecule has 0 spiro atoms. The summed E-state index contributed by atoms with van der Waals surface area (Å²) >= 11 is 3.30. The van der Waals surface area contributed by atoms with Crippen LogP contribution in [0.4, 0.5) is 5.69 Å². The summed E-state index contributed by atoms with van der Waals surface area (Å²) in [5, 5.41) is 2.62. The van der Waals surface area contributed by atoms with Crippen LogP contribution in [-0.2, 0) is 9.53 Å². The van der Waals surface area contributed by atoms with Crippen molar-refractivity contribution >= 4 is 33.5 Å². The van der Waals surface area contributed by atoms with Crippen molar-refractivity contribution in [1.82, 2.24) is 0 Å². The number of esters is 1. The van der Waals surface area contributed by atoms with Gasteiger partial charge in [-0.05, 0) is 47.5 Å². The number of rotatable bonds is 4. The molecule has 0 aliphatic carbocycles. The minimum atomic E-state index is -0.717. The highest BCUT2D eigenvalue weighted by Gasteiger charge is 2.18. The Bertz CT molecular complexity index is 786. The van der Waals surface area contributed by atoms with Crippen LogP contribution in [0.2, 0.25) is 0 Å². The minimum absolute atomic E-state index is 0.151. The van der Waals surface area contributed by atoms with Gasteiger partial charge >= 0.3 is 11.6 Å². The first-order valence-electron chi connectivity index (χ1n) is 6.71. The van der Waals surface area contributed by atoms with Crippen molar-refractivity contribution in [2.24, 2.45) is 0 Å². The predicted molar refractivity (Wildman–Crippen MR) is 87.5 cm³/mol. The predicted octanol–water partition coefficient (Wildman–Crippen LogP) is 2.81. The number of ether oxygens (including phenoxy) is 1. The lowest BCUT2D eigenvalue weighted by Crippen LogP contribution is -2.22. The molecule has 120 valence electrons. The molecule has 0 fully saturated rings. The lowest BCUT2D eigenvalue weighted by atomic mass is 10.1. The number of halogens is 1. The Kier molecular flexibility index (Phi) is 5.33. The molecule has 6 nitrogen and oxygen atoms in total. The standard InChI is InChI=1S/C16H14BrNO5/c1-9-7-14(20)23-10(2)15(9)16(21)22-8-13(19)18-12-6-4-3-5-11(12)17/h3-7H,8H2,1-2H3,(H,18,19). The largest absolute Gasteiger partial charge is 0.452 e. The Morgan fingerprint density at radius 1 is 1.26 bits per heavy atom. The van der Waals surface area contributed by atoms with Gasteiger partial charge < -0.3 is 14.5 Å². The Morgan fingerprint density at radius 3 is 2.61 bits per heavy atom. The van der Waals surface area contributed by atoms with Crippen LogP contribution in [0.5, 0.6) is 0 Å². The topological polar surface area (TPSA) is 85.6 Å². The summed E-state index contributed by atoms with van der Waals surface area (Å²) in [5.74, 6) is -1.03. The van der Waals surface area contributed by atoms with Crippen molar-refractivity contribution in [3.63, 3.8) is 0 Å². The summed E-state index contributed by atoms with van der Waals surface area (Å²) in [6.45, 7) is 2.64. The molecule has 7 heteroatoms. The fraction of sp³-hybridized carbons (Fsp3) is 0.188. The zero-order chi connectivity index (χ0) is 17.0. The summed E-state index contributed by atoms with van der Waals surface area (Å²) in [6.07, 6.45) is 0. The fourth-order valence-corrected chi connectivity index (χ4v) is 2.40. The fourth-order valence-electron chi connectivity index (χ4n) is 2.01. The lowest BCUT2D eigenvalue weighted by Gasteiger charge is -2.09. The molecule has 0 saturated heterocycles. The molecule has 23 heavy (non-hydrogen) atoms. The van der Waals surface area contributed by atoms with E-state index < -0.39 is 24.1 Å². The number of hydrogen-bond donors (Lipinski definition) is 1. The van der Waals surface area contributed by atoms with Crippen LogP contribution in [0.25, 0.3) is 0 Å². The van der Waals surface area contributed by atoms with E-state index in [1.807, 2.05) is 6.07 Å². The minimum Gasteiger partial charge on any atom is -0.452 e. The first-order valence-corrected chi connectivity index (χ1v) is 7.50. The first kappa shape index (κ1) is 17.0. The van der Waals surface area contributed by atoms with Crippen LogP contribution in [0.15, 0.2) is 44.0 Å². The molecule has 1 aromatic carbocycles. The number of amides is 1. The van der Waals surface area contributed by atoms with E-state index in [4.69, 9.17) is 9.15 Å². The molecule has 0 aliphatic rings. The number of anilines is 1. The van der Waals surface area contributed by atoms with E-state index in [2.05, 4.69) is 21.2 Å². The third-order valence-corrected chi connectivity index (χ3v) is 3.71. The Morgan fingerprint density at radius 2 is 1.96 bits per heavy atom. The van der Waals surface area contributed by atoms with Crippen LogP contribution in [0.3, 0.4) is 0 Å². The molecular weight excluding hydrogens is 366 g/mol. The second-order valence-corrected chi connectivity index (χ2v) is 5.64. The number of nitrogens with one attached hydrogen (secondary N) is 1. The monoisotopic (exact) mass is 379 g/mol. The van der Waals surface area contributed by atoms with Crippen molar-refractivity contribution in [3.8, 4) is 0 Å². The van der Waals surface area contributed by atoms with Crippen molar-refractivity contribution in [2.75, 3.05) is 11.9 Å². The van der Waals surface area contributed by atoms with E-state index in [9.17, 15) is 14.4 Å². The molecule has 1 amide bonds. The molecule has 0 saturated carbocycles. The SMILES string of the molecule is Cc1cc(=O)oc(C)c1C(=O)OCC(=O)Nc1ccccc1Br. The highest BCUT2D eigenvalue weighted by molar-refractivity contribution is 9.10. The van der Waals surface area contributed by atoms with Gasteiger partial charge in [0.25, 0.3) is 5.91 Å². The van der Waals surface area contributed by atoms with Crippen LogP contribution in [0, 0.1) is 13.8 Å². The highest BCUT2D eigenvalue weighted by atomic mass is 79.9. The Hall–Kier alpha value is -2.41. The maximum absolute atomic E-state index is 12.0. The van der Waals surface area contributed by atoms with Crippen molar-refractivity contribution in [1.29, 1.82) is 0 Å². The molecule has 1 aromatic heterocycles. The Labute approximate surface area is 140 Å². The average Bonchev–Trinajstić information content (AvgIpc) is 2.46. The molecule has 0 radical (unpaired) electrons. The number of aryl methyl sites for hydroxylation is 2. The average molecular weight is 380 g/mol. The van der Waals surface area contributed by atoms with Crippen LogP contribution in [0.1, 0.15) is 21.7 Å². The van der Waals surface area contributed by atoms with Crippen molar-refractivity contribution < 1.29 is 18.7 Å². The van der Waals surface area contributed by atoms with Gasteiger partial charge in [0.05, 0.1) is 5.69 Å². The first-order chi connectivity index (χ1) is 10.9. The highest BCUT2D eigenvalue weighted by Crippen LogP contribution is 2.21.